The van der Waals surface area contributed by atoms with Gasteiger partial charge in [0.2, 0.25) is 0 Å². The molecule has 0 saturated heterocycles. The molecule has 4 nitrogen and oxygen atoms in total. The first-order valence-corrected chi connectivity index (χ1v) is 9.20. The van der Waals surface area contributed by atoms with Crippen LogP contribution in [0.4, 0.5) is 10.1 Å². The zero-order valence-corrected chi connectivity index (χ0v) is 14.4. The molecule has 0 fully saturated rings. The monoisotopic (exact) mass is 356 g/mol. The van der Waals surface area contributed by atoms with Gasteiger partial charge in [-0.2, -0.15) is 0 Å². The molecule has 0 aliphatic rings. The molecule has 0 aliphatic carbocycles. The molecule has 1 heterocycles. The third-order valence-corrected chi connectivity index (χ3v) is 5.76. The lowest BCUT2D eigenvalue weighted by atomic mass is 10.2. The number of anilines is 1. The SMILES string of the molecule is CC(c1ccccn1)N(c1ccccc1)S(=O)(=O)c1ccc(F)cc1. The summed E-state index contributed by atoms with van der Waals surface area (Å²) >= 11 is 0. The second kappa shape index (κ2) is 7.03. The first kappa shape index (κ1) is 17.1. The number of aromatic nitrogens is 1. The van der Waals surface area contributed by atoms with Crippen LogP contribution in [0, 0.1) is 5.82 Å². The van der Waals surface area contributed by atoms with Gasteiger partial charge in [-0.3, -0.25) is 9.29 Å². The standard InChI is InChI=1S/C19H17FN2O2S/c1-15(19-9-5-6-14-21-19)22(17-7-3-2-4-8-17)25(23,24)18-12-10-16(20)11-13-18/h2-15H,1H3. The van der Waals surface area contributed by atoms with Crippen LogP contribution in [0.15, 0.2) is 83.9 Å². The molecule has 2 aromatic carbocycles. The van der Waals surface area contributed by atoms with Crippen LogP contribution in [0.2, 0.25) is 0 Å². The molecule has 1 unspecified atom stereocenters. The molecule has 0 spiro atoms. The second-order valence-corrected chi connectivity index (χ2v) is 7.34. The average molecular weight is 356 g/mol. The van der Waals surface area contributed by atoms with E-state index in [4.69, 9.17) is 0 Å². The summed E-state index contributed by atoms with van der Waals surface area (Å²) in [5.74, 6) is -0.483. The van der Waals surface area contributed by atoms with Crippen molar-refractivity contribution in [2.24, 2.45) is 0 Å². The number of hydrogen-bond donors (Lipinski definition) is 0. The second-order valence-electron chi connectivity index (χ2n) is 5.52. The molecule has 6 heteroatoms. The van der Waals surface area contributed by atoms with Crippen LogP contribution in [-0.2, 0) is 10.0 Å². The highest BCUT2D eigenvalue weighted by molar-refractivity contribution is 7.92. The van der Waals surface area contributed by atoms with Gasteiger partial charge in [-0.05, 0) is 55.5 Å². The van der Waals surface area contributed by atoms with E-state index in [0.717, 1.165) is 12.1 Å². The summed E-state index contributed by atoms with van der Waals surface area (Å²) in [4.78, 5) is 4.31. The molecule has 1 atom stereocenters. The van der Waals surface area contributed by atoms with Gasteiger partial charge in [0.05, 0.1) is 22.3 Å². The normalized spacial score (nSPS) is 12.6. The van der Waals surface area contributed by atoms with Crippen molar-refractivity contribution in [3.05, 3.63) is 90.5 Å². The van der Waals surface area contributed by atoms with E-state index in [-0.39, 0.29) is 4.90 Å². The molecule has 0 bridgehead atoms. The summed E-state index contributed by atoms with van der Waals surface area (Å²) in [6.45, 7) is 1.77. The molecule has 0 N–H and O–H groups in total. The Kier molecular flexibility index (Phi) is 4.81. The Morgan fingerprint density at radius 3 is 2.16 bits per heavy atom. The Bertz CT molecular complexity index is 930. The number of benzene rings is 2. The zero-order chi connectivity index (χ0) is 17.9. The first-order chi connectivity index (χ1) is 12.0. The number of halogens is 1. The highest BCUT2D eigenvalue weighted by Gasteiger charge is 2.30. The fourth-order valence-corrected chi connectivity index (χ4v) is 4.24. The summed E-state index contributed by atoms with van der Waals surface area (Å²) < 4.78 is 41.0. The fourth-order valence-electron chi connectivity index (χ4n) is 2.61. The topological polar surface area (TPSA) is 50.3 Å². The predicted octanol–water partition coefficient (Wildman–Crippen LogP) is 4.18. The third kappa shape index (κ3) is 3.53. The van der Waals surface area contributed by atoms with Crippen molar-refractivity contribution in [1.29, 1.82) is 0 Å². The largest absolute Gasteiger partial charge is 0.264 e. The van der Waals surface area contributed by atoms with Gasteiger partial charge in [0.25, 0.3) is 10.0 Å². The maximum Gasteiger partial charge on any atom is 0.264 e. The number of nitrogens with zero attached hydrogens (tertiary/aromatic N) is 2. The molecule has 1 aromatic heterocycles. The van der Waals surface area contributed by atoms with E-state index in [0.29, 0.717) is 11.4 Å². The lowest BCUT2D eigenvalue weighted by Crippen LogP contribution is -2.34. The highest BCUT2D eigenvalue weighted by Crippen LogP contribution is 2.32. The minimum atomic E-state index is -3.89. The predicted molar refractivity (Wildman–Crippen MR) is 95.2 cm³/mol. The van der Waals surface area contributed by atoms with Crippen molar-refractivity contribution in [3.63, 3.8) is 0 Å². The van der Waals surface area contributed by atoms with Crippen LogP contribution in [0.5, 0.6) is 0 Å². The number of rotatable bonds is 5. The molecule has 0 aliphatic heterocycles. The highest BCUT2D eigenvalue weighted by atomic mass is 32.2. The first-order valence-electron chi connectivity index (χ1n) is 7.76. The number of para-hydroxylation sites is 1. The van der Waals surface area contributed by atoms with Crippen molar-refractivity contribution < 1.29 is 12.8 Å². The van der Waals surface area contributed by atoms with Crippen LogP contribution < -0.4 is 4.31 Å². The molecular weight excluding hydrogens is 339 g/mol. The Morgan fingerprint density at radius 1 is 0.920 bits per heavy atom. The Morgan fingerprint density at radius 2 is 1.56 bits per heavy atom. The van der Waals surface area contributed by atoms with Gasteiger partial charge >= 0.3 is 0 Å². The van der Waals surface area contributed by atoms with E-state index in [1.54, 1.807) is 49.5 Å². The number of sulfonamides is 1. The zero-order valence-electron chi connectivity index (χ0n) is 13.6. The quantitative estimate of drug-likeness (QED) is 0.689. The molecule has 25 heavy (non-hydrogen) atoms. The molecule has 3 rings (SSSR count). The molecular formula is C19H17FN2O2S. The van der Waals surface area contributed by atoms with E-state index < -0.39 is 21.9 Å². The van der Waals surface area contributed by atoms with E-state index in [1.165, 1.54) is 16.4 Å². The van der Waals surface area contributed by atoms with Crippen molar-refractivity contribution >= 4 is 15.7 Å². The van der Waals surface area contributed by atoms with E-state index in [9.17, 15) is 12.8 Å². The van der Waals surface area contributed by atoms with Gasteiger partial charge in [-0.1, -0.05) is 24.3 Å². The summed E-state index contributed by atoms with van der Waals surface area (Å²) in [5.41, 5.74) is 1.14. The Balaban J connectivity index is 2.13. The minimum absolute atomic E-state index is 0.0283. The van der Waals surface area contributed by atoms with E-state index in [1.807, 2.05) is 12.1 Å². The molecule has 0 amide bonds. The smallest absolute Gasteiger partial charge is 0.259 e. The van der Waals surface area contributed by atoms with Crippen LogP contribution in [0.3, 0.4) is 0 Å². The van der Waals surface area contributed by atoms with Crippen LogP contribution in [0.1, 0.15) is 18.7 Å². The van der Waals surface area contributed by atoms with Gasteiger partial charge in [-0.15, -0.1) is 0 Å². The minimum Gasteiger partial charge on any atom is -0.259 e. The van der Waals surface area contributed by atoms with Crippen molar-refractivity contribution in [1.82, 2.24) is 4.98 Å². The lowest BCUT2D eigenvalue weighted by Gasteiger charge is -2.30. The van der Waals surface area contributed by atoms with Gasteiger partial charge in [0.1, 0.15) is 5.82 Å². The number of hydrogen-bond acceptors (Lipinski definition) is 3. The third-order valence-electron chi connectivity index (χ3n) is 3.85. The summed E-state index contributed by atoms with van der Waals surface area (Å²) in [5, 5.41) is 0. The van der Waals surface area contributed by atoms with Gasteiger partial charge < -0.3 is 0 Å². The van der Waals surface area contributed by atoms with Crippen LogP contribution in [-0.4, -0.2) is 13.4 Å². The van der Waals surface area contributed by atoms with E-state index >= 15 is 0 Å². The Hall–Kier alpha value is -2.73. The average Bonchev–Trinajstić information content (AvgIpc) is 2.63. The lowest BCUT2D eigenvalue weighted by molar-refractivity contribution is 0.580. The van der Waals surface area contributed by atoms with E-state index in [2.05, 4.69) is 4.98 Å². The molecule has 0 saturated carbocycles. The van der Waals surface area contributed by atoms with Crippen molar-refractivity contribution in [3.8, 4) is 0 Å². The molecule has 128 valence electrons. The van der Waals surface area contributed by atoms with Crippen LogP contribution in [0.25, 0.3) is 0 Å². The molecule has 3 aromatic rings. The van der Waals surface area contributed by atoms with Gasteiger partial charge in [0, 0.05) is 6.20 Å². The van der Waals surface area contributed by atoms with Crippen molar-refractivity contribution in [2.45, 2.75) is 17.9 Å². The fraction of sp³-hybridized carbons (Fsp3) is 0.105. The maximum absolute atomic E-state index is 13.2. The summed E-state index contributed by atoms with van der Waals surface area (Å²) in [6.07, 6.45) is 1.62. The van der Waals surface area contributed by atoms with Gasteiger partial charge in [0.15, 0.2) is 0 Å². The Labute approximate surface area is 146 Å². The summed E-state index contributed by atoms with van der Waals surface area (Å²) in [7, 11) is -3.89. The maximum atomic E-state index is 13.2. The van der Waals surface area contributed by atoms with Crippen molar-refractivity contribution in [2.75, 3.05) is 4.31 Å². The van der Waals surface area contributed by atoms with Crippen LogP contribution >= 0.6 is 0 Å². The molecule has 0 radical (unpaired) electrons. The number of pyridine rings is 1. The summed E-state index contributed by atoms with van der Waals surface area (Å²) in [6, 6.07) is 18.5. The van der Waals surface area contributed by atoms with Gasteiger partial charge in [-0.25, -0.2) is 12.8 Å².